The van der Waals surface area contributed by atoms with Crippen LogP contribution in [0.5, 0.6) is 0 Å². The number of nitrogens with one attached hydrogen (secondary N) is 1. The van der Waals surface area contributed by atoms with Crippen molar-refractivity contribution in [2.24, 2.45) is 0 Å². The van der Waals surface area contributed by atoms with Crippen LogP contribution in [0.4, 0.5) is 5.69 Å². The van der Waals surface area contributed by atoms with Gasteiger partial charge >= 0.3 is 0 Å². The van der Waals surface area contributed by atoms with Crippen molar-refractivity contribution < 1.29 is 13.5 Å². The van der Waals surface area contributed by atoms with E-state index in [-0.39, 0.29) is 27.2 Å². The zero-order chi connectivity index (χ0) is 14.8. The number of hydrogen-bond donors (Lipinski definition) is 2. The molecular formula is C13H11Cl2NO3S. The Bertz CT molecular complexity index is 712. The van der Waals surface area contributed by atoms with E-state index in [1.54, 1.807) is 18.2 Å². The summed E-state index contributed by atoms with van der Waals surface area (Å²) in [4.78, 5) is 0.0278. The standard InChI is InChI=1S/C13H11Cl2NO3S/c14-11-5-2-6-12(15)13(11)16-20(18,19)10-4-1-3-9(7-10)8-17/h1-7,16-17H,8H2. The number of hydrogen-bond acceptors (Lipinski definition) is 3. The van der Waals surface area contributed by atoms with Crippen LogP contribution >= 0.6 is 23.2 Å². The third kappa shape index (κ3) is 3.24. The monoisotopic (exact) mass is 331 g/mol. The summed E-state index contributed by atoms with van der Waals surface area (Å²) in [5.41, 5.74) is 0.628. The van der Waals surface area contributed by atoms with Crippen LogP contribution in [-0.4, -0.2) is 13.5 Å². The van der Waals surface area contributed by atoms with Gasteiger partial charge in [-0.1, -0.05) is 41.4 Å². The van der Waals surface area contributed by atoms with E-state index < -0.39 is 10.0 Å². The molecule has 0 saturated heterocycles. The average Bonchev–Trinajstić information content (AvgIpc) is 2.43. The van der Waals surface area contributed by atoms with Crippen LogP contribution in [0.25, 0.3) is 0 Å². The Morgan fingerprint density at radius 2 is 1.65 bits per heavy atom. The van der Waals surface area contributed by atoms with Gasteiger partial charge in [-0.2, -0.15) is 0 Å². The summed E-state index contributed by atoms with van der Waals surface area (Å²) in [6.07, 6.45) is 0. The SMILES string of the molecule is O=S(=O)(Nc1c(Cl)cccc1Cl)c1cccc(CO)c1. The highest BCUT2D eigenvalue weighted by atomic mass is 35.5. The number of aliphatic hydroxyl groups excluding tert-OH is 1. The summed E-state index contributed by atoms with van der Waals surface area (Å²) in [6.45, 7) is -0.240. The summed E-state index contributed by atoms with van der Waals surface area (Å²) >= 11 is 11.9. The average molecular weight is 332 g/mol. The molecule has 0 unspecified atom stereocenters. The fraction of sp³-hybridized carbons (Fsp3) is 0.0769. The van der Waals surface area contributed by atoms with E-state index in [1.807, 2.05) is 0 Å². The van der Waals surface area contributed by atoms with Crippen molar-refractivity contribution in [1.29, 1.82) is 0 Å². The van der Waals surface area contributed by atoms with Gasteiger partial charge in [-0.25, -0.2) is 8.42 Å². The lowest BCUT2D eigenvalue weighted by atomic mass is 10.2. The lowest BCUT2D eigenvalue weighted by Gasteiger charge is -2.11. The van der Waals surface area contributed by atoms with Gasteiger partial charge in [0.1, 0.15) is 0 Å². The summed E-state index contributed by atoms with van der Waals surface area (Å²) in [7, 11) is -3.82. The molecule has 0 aromatic heterocycles. The number of halogens is 2. The Morgan fingerprint density at radius 3 is 2.25 bits per heavy atom. The van der Waals surface area contributed by atoms with Crippen LogP contribution in [-0.2, 0) is 16.6 Å². The molecule has 0 heterocycles. The van der Waals surface area contributed by atoms with Gasteiger partial charge in [-0.05, 0) is 29.8 Å². The smallest absolute Gasteiger partial charge is 0.261 e. The Kier molecular flexibility index (Phi) is 4.55. The zero-order valence-corrected chi connectivity index (χ0v) is 12.5. The highest BCUT2D eigenvalue weighted by molar-refractivity contribution is 7.92. The number of anilines is 1. The molecule has 0 amide bonds. The summed E-state index contributed by atoms with van der Waals surface area (Å²) < 4.78 is 26.9. The van der Waals surface area contributed by atoms with Gasteiger partial charge in [0.15, 0.2) is 0 Å². The first kappa shape index (κ1) is 15.1. The molecule has 2 aromatic rings. The second-order valence-corrected chi connectivity index (χ2v) is 6.50. The van der Waals surface area contributed by atoms with E-state index in [2.05, 4.69) is 4.72 Å². The molecule has 2 aromatic carbocycles. The van der Waals surface area contributed by atoms with Crippen molar-refractivity contribution in [2.45, 2.75) is 11.5 Å². The maximum atomic E-state index is 12.3. The van der Waals surface area contributed by atoms with Gasteiger partial charge in [-0.15, -0.1) is 0 Å². The molecule has 0 atom stereocenters. The first-order valence-corrected chi connectivity index (χ1v) is 7.84. The molecule has 0 aliphatic heterocycles. The van der Waals surface area contributed by atoms with Crippen molar-refractivity contribution in [3.8, 4) is 0 Å². The maximum absolute atomic E-state index is 12.3. The Labute approximate surface area is 127 Å². The summed E-state index contributed by atoms with van der Waals surface area (Å²) in [5.74, 6) is 0. The summed E-state index contributed by atoms with van der Waals surface area (Å²) in [5, 5.41) is 9.46. The van der Waals surface area contributed by atoms with Gasteiger partial charge in [0, 0.05) is 0 Å². The highest BCUT2D eigenvalue weighted by Crippen LogP contribution is 2.31. The number of aliphatic hydroxyl groups is 1. The van der Waals surface area contributed by atoms with E-state index in [0.717, 1.165) is 0 Å². The number of sulfonamides is 1. The normalized spacial score (nSPS) is 11.3. The van der Waals surface area contributed by atoms with Crippen molar-refractivity contribution >= 4 is 38.9 Å². The first-order valence-electron chi connectivity index (χ1n) is 5.60. The van der Waals surface area contributed by atoms with Gasteiger partial charge in [0.2, 0.25) is 0 Å². The van der Waals surface area contributed by atoms with Gasteiger partial charge in [0.25, 0.3) is 10.0 Å². The van der Waals surface area contributed by atoms with E-state index in [4.69, 9.17) is 28.3 Å². The second-order valence-electron chi connectivity index (χ2n) is 4.01. The van der Waals surface area contributed by atoms with E-state index in [1.165, 1.54) is 24.3 Å². The van der Waals surface area contributed by atoms with Crippen molar-refractivity contribution in [1.82, 2.24) is 0 Å². The van der Waals surface area contributed by atoms with E-state index in [0.29, 0.717) is 5.56 Å². The molecule has 0 saturated carbocycles. The molecule has 106 valence electrons. The highest BCUT2D eigenvalue weighted by Gasteiger charge is 2.17. The van der Waals surface area contributed by atoms with Crippen LogP contribution in [0, 0.1) is 0 Å². The van der Waals surface area contributed by atoms with Crippen LogP contribution in [0.2, 0.25) is 10.0 Å². The predicted molar refractivity (Wildman–Crippen MR) is 79.6 cm³/mol. The predicted octanol–water partition coefficient (Wildman–Crippen LogP) is 3.29. The van der Waals surface area contributed by atoms with Crippen LogP contribution in [0.15, 0.2) is 47.4 Å². The van der Waals surface area contributed by atoms with Crippen molar-refractivity contribution in [2.75, 3.05) is 4.72 Å². The van der Waals surface area contributed by atoms with Crippen LogP contribution in [0.1, 0.15) is 5.56 Å². The maximum Gasteiger partial charge on any atom is 0.261 e. The fourth-order valence-electron chi connectivity index (χ4n) is 1.60. The van der Waals surface area contributed by atoms with E-state index >= 15 is 0 Å². The minimum atomic E-state index is -3.82. The molecular weight excluding hydrogens is 321 g/mol. The molecule has 2 rings (SSSR count). The molecule has 4 nitrogen and oxygen atoms in total. The molecule has 20 heavy (non-hydrogen) atoms. The zero-order valence-electron chi connectivity index (χ0n) is 10.2. The Morgan fingerprint density at radius 1 is 1.05 bits per heavy atom. The quantitative estimate of drug-likeness (QED) is 0.903. The number of benzene rings is 2. The molecule has 0 radical (unpaired) electrons. The molecule has 0 spiro atoms. The Balaban J connectivity index is 2.41. The van der Waals surface area contributed by atoms with Crippen molar-refractivity contribution in [3.05, 3.63) is 58.1 Å². The van der Waals surface area contributed by atoms with Gasteiger partial charge in [0.05, 0.1) is 27.2 Å². The molecule has 0 aliphatic carbocycles. The topological polar surface area (TPSA) is 66.4 Å². The lowest BCUT2D eigenvalue weighted by molar-refractivity contribution is 0.281. The molecule has 0 fully saturated rings. The van der Waals surface area contributed by atoms with Gasteiger partial charge in [-0.3, -0.25) is 4.72 Å². The largest absolute Gasteiger partial charge is 0.392 e. The van der Waals surface area contributed by atoms with Gasteiger partial charge < -0.3 is 5.11 Å². The molecule has 0 aliphatic rings. The fourth-order valence-corrected chi connectivity index (χ4v) is 3.37. The Hall–Kier alpha value is -1.27. The third-order valence-corrected chi connectivity index (χ3v) is 4.57. The van der Waals surface area contributed by atoms with Crippen LogP contribution in [0.3, 0.4) is 0 Å². The lowest BCUT2D eigenvalue weighted by Crippen LogP contribution is -2.13. The second kappa shape index (κ2) is 6.01. The van der Waals surface area contributed by atoms with E-state index in [9.17, 15) is 8.42 Å². The van der Waals surface area contributed by atoms with Crippen LogP contribution < -0.4 is 4.72 Å². The first-order chi connectivity index (χ1) is 9.44. The summed E-state index contributed by atoms with van der Waals surface area (Å²) in [6, 6.07) is 10.7. The number of para-hydroxylation sites is 1. The minimum Gasteiger partial charge on any atom is -0.392 e. The number of rotatable bonds is 4. The van der Waals surface area contributed by atoms with Crippen molar-refractivity contribution in [3.63, 3.8) is 0 Å². The third-order valence-electron chi connectivity index (χ3n) is 2.59. The molecule has 0 bridgehead atoms. The molecule has 7 heteroatoms. The molecule has 2 N–H and O–H groups in total. The minimum absolute atomic E-state index is 0.0278.